The Morgan fingerprint density at radius 1 is 1.29 bits per heavy atom. The third-order valence-electron chi connectivity index (χ3n) is 5.07. The van der Waals surface area contributed by atoms with Crippen LogP contribution in [0.5, 0.6) is 0 Å². The van der Waals surface area contributed by atoms with Crippen LogP contribution in [0.2, 0.25) is 0 Å². The zero-order valence-corrected chi connectivity index (χ0v) is 17.0. The van der Waals surface area contributed by atoms with Gasteiger partial charge in [-0.3, -0.25) is 9.59 Å². The molecule has 28 heavy (non-hydrogen) atoms. The van der Waals surface area contributed by atoms with Crippen molar-refractivity contribution < 1.29 is 14.0 Å². The molecular formula is C20H25FN4O2S. The number of aromatic nitrogens is 2. The van der Waals surface area contributed by atoms with E-state index in [0.29, 0.717) is 37.0 Å². The molecule has 2 amide bonds. The largest absolute Gasteiger partial charge is 0.339 e. The normalized spacial score (nSPS) is 16.0. The minimum absolute atomic E-state index is 0.0768. The van der Waals surface area contributed by atoms with Crippen LogP contribution in [-0.4, -0.2) is 40.0 Å². The van der Waals surface area contributed by atoms with Crippen molar-refractivity contribution in [2.75, 3.05) is 18.4 Å². The maximum absolute atomic E-state index is 13.8. The summed E-state index contributed by atoms with van der Waals surface area (Å²) in [6.45, 7) is 5.10. The predicted molar refractivity (Wildman–Crippen MR) is 107 cm³/mol. The second kappa shape index (κ2) is 9.23. The molecule has 1 aromatic heterocycles. The molecule has 0 bridgehead atoms. The lowest BCUT2D eigenvalue weighted by molar-refractivity contribution is -0.121. The fraction of sp³-hybridized carbons (Fsp3) is 0.500. The van der Waals surface area contributed by atoms with Crippen LogP contribution in [0.3, 0.4) is 0 Å². The summed E-state index contributed by atoms with van der Waals surface area (Å²) < 4.78 is 13.8. The van der Waals surface area contributed by atoms with Crippen LogP contribution < -0.4 is 5.32 Å². The number of nitrogens with zero attached hydrogens (tertiary/aromatic N) is 3. The molecule has 1 aliphatic rings. The van der Waals surface area contributed by atoms with Crippen LogP contribution in [-0.2, 0) is 4.79 Å². The summed E-state index contributed by atoms with van der Waals surface area (Å²) in [5, 5.41) is 12.6. The molecule has 6 nitrogen and oxygen atoms in total. The molecule has 8 heteroatoms. The summed E-state index contributed by atoms with van der Waals surface area (Å²) in [4.78, 5) is 26.6. The number of hydrogen-bond acceptors (Lipinski definition) is 5. The summed E-state index contributed by atoms with van der Waals surface area (Å²) in [5.74, 6) is -0.790. The number of piperidine rings is 1. The monoisotopic (exact) mass is 404 g/mol. The van der Waals surface area contributed by atoms with Crippen LogP contribution in [0.1, 0.15) is 60.8 Å². The van der Waals surface area contributed by atoms with E-state index in [1.54, 1.807) is 17.0 Å². The third kappa shape index (κ3) is 4.73. The minimum Gasteiger partial charge on any atom is -0.339 e. The van der Waals surface area contributed by atoms with Gasteiger partial charge in [0.2, 0.25) is 11.0 Å². The van der Waals surface area contributed by atoms with E-state index in [9.17, 15) is 14.0 Å². The lowest BCUT2D eigenvalue weighted by Crippen LogP contribution is -2.41. The highest BCUT2D eigenvalue weighted by Gasteiger charge is 2.29. The number of hydrogen-bond donors (Lipinski definition) is 1. The number of benzene rings is 1. The number of anilines is 1. The molecule has 0 radical (unpaired) electrons. The molecule has 1 atom stereocenters. The first-order valence-corrected chi connectivity index (χ1v) is 10.5. The van der Waals surface area contributed by atoms with Gasteiger partial charge in [0.1, 0.15) is 10.8 Å². The second-order valence-corrected chi connectivity index (χ2v) is 8.18. The minimum atomic E-state index is -0.517. The van der Waals surface area contributed by atoms with Gasteiger partial charge < -0.3 is 10.2 Å². The summed E-state index contributed by atoms with van der Waals surface area (Å²) in [7, 11) is 0. The number of amides is 2. The average Bonchev–Trinajstić information content (AvgIpc) is 3.17. The molecule has 0 saturated carbocycles. The summed E-state index contributed by atoms with van der Waals surface area (Å²) in [5.41, 5.74) is 0.0768. The SMILES string of the molecule is CCCC(C)c1nnc(NC(=O)C2CCN(C(=O)c3ccccc3F)CC2)s1. The van der Waals surface area contributed by atoms with E-state index in [1.807, 2.05) is 0 Å². The van der Waals surface area contributed by atoms with Gasteiger partial charge in [0.25, 0.3) is 5.91 Å². The number of carbonyl (C=O) groups is 2. The Morgan fingerprint density at radius 3 is 2.68 bits per heavy atom. The topological polar surface area (TPSA) is 75.2 Å². The molecule has 150 valence electrons. The molecule has 2 aromatic rings. The molecule has 1 aromatic carbocycles. The summed E-state index contributed by atoms with van der Waals surface area (Å²) in [6.07, 6.45) is 3.21. The molecule has 1 N–H and O–H groups in total. The number of likely N-dealkylation sites (tertiary alicyclic amines) is 1. The Bertz CT molecular complexity index is 833. The molecule has 0 spiro atoms. The van der Waals surface area contributed by atoms with Gasteiger partial charge in [-0.1, -0.05) is 43.7 Å². The van der Waals surface area contributed by atoms with Crippen LogP contribution in [0.15, 0.2) is 24.3 Å². The van der Waals surface area contributed by atoms with Gasteiger partial charge in [-0.05, 0) is 31.4 Å². The van der Waals surface area contributed by atoms with E-state index in [2.05, 4.69) is 29.4 Å². The number of rotatable bonds is 6. The summed E-state index contributed by atoms with van der Waals surface area (Å²) in [6, 6.07) is 5.98. The Hall–Kier alpha value is -2.35. The van der Waals surface area contributed by atoms with Crippen molar-refractivity contribution in [3.8, 4) is 0 Å². The van der Waals surface area contributed by atoms with E-state index in [-0.39, 0.29) is 23.3 Å². The highest BCUT2D eigenvalue weighted by molar-refractivity contribution is 7.15. The van der Waals surface area contributed by atoms with Crippen LogP contribution >= 0.6 is 11.3 Å². The van der Waals surface area contributed by atoms with Crippen molar-refractivity contribution in [2.45, 2.75) is 45.4 Å². The lowest BCUT2D eigenvalue weighted by Gasteiger charge is -2.31. The molecule has 1 fully saturated rings. The van der Waals surface area contributed by atoms with Crippen LogP contribution in [0, 0.1) is 11.7 Å². The van der Waals surface area contributed by atoms with Crippen molar-refractivity contribution >= 4 is 28.3 Å². The molecule has 1 aliphatic heterocycles. The predicted octanol–water partition coefficient (Wildman–Crippen LogP) is 4.07. The molecule has 3 rings (SSSR count). The van der Waals surface area contributed by atoms with Crippen molar-refractivity contribution in [3.63, 3.8) is 0 Å². The highest BCUT2D eigenvalue weighted by Crippen LogP contribution is 2.27. The maximum atomic E-state index is 13.8. The van der Waals surface area contributed by atoms with Gasteiger partial charge in [0, 0.05) is 24.9 Å². The second-order valence-electron chi connectivity index (χ2n) is 7.17. The Balaban J connectivity index is 1.53. The maximum Gasteiger partial charge on any atom is 0.256 e. The highest BCUT2D eigenvalue weighted by atomic mass is 32.1. The molecule has 1 unspecified atom stereocenters. The van der Waals surface area contributed by atoms with E-state index in [4.69, 9.17) is 0 Å². The van der Waals surface area contributed by atoms with Crippen molar-refractivity contribution in [1.82, 2.24) is 15.1 Å². The first-order chi connectivity index (χ1) is 13.5. The van der Waals surface area contributed by atoms with Gasteiger partial charge in [0.15, 0.2) is 0 Å². The van der Waals surface area contributed by atoms with Gasteiger partial charge >= 0.3 is 0 Å². The quantitative estimate of drug-likeness (QED) is 0.787. The molecule has 0 aliphatic carbocycles. The average molecular weight is 405 g/mol. The van der Waals surface area contributed by atoms with Crippen LogP contribution in [0.4, 0.5) is 9.52 Å². The lowest BCUT2D eigenvalue weighted by atomic mass is 9.95. The van der Waals surface area contributed by atoms with Crippen LogP contribution in [0.25, 0.3) is 0 Å². The fourth-order valence-electron chi connectivity index (χ4n) is 3.40. The number of nitrogens with one attached hydrogen (secondary N) is 1. The Labute approximate surface area is 168 Å². The van der Waals surface area contributed by atoms with Gasteiger partial charge in [-0.15, -0.1) is 10.2 Å². The zero-order chi connectivity index (χ0) is 20.1. The van der Waals surface area contributed by atoms with E-state index in [1.165, 1.54) is 23.5 Å². The van der Waals surface area contributed by atoms with Gasteiger partial charge in [-0.2, -0.15) is 0 Å². The van der Waals surface area contributed by atoms with E-state index < -0.39 is 5.82 Å². The van der Waals surface area contributed by atoms with Crippen molar-refractivity contribution in [2.24, 2.45) is 5.92 Å². The Kier molecular flexibility index (Phi) is 6.72. The standard InChI is InChI=1S/C20H25FN4O2S/c1-3-6-13(2)18-23-24-20(28-18)22-17(26)14-9-11-25(12-10-14)19(27)15-7-4-5-8-16(15)21/h4-5,7-8,13-14H,3,6,9-12H2,1-2H3,(H,22,24,26). The summed E-state index contributed by atoms with van der Waals surface area (Å²) >= 11 is 1.42. The first kappa shape index (κ1) is 20.4. The van der Waals surface area contributed by atoms with E-state index >= 15 is 0 Å². The zero-order valence-electron chi connectivity index (χ0n) is 16.2. The Morgan fingerprint density at radius 2 is 2.00 bits per heavy atom. The third-order valence-corrected chi connectivity index (χ3v) is 6.14. The van der Waals surface area contributed by atoms with Crippen molar-refractivity contribution in [1.29, 1.82) is 0 Å². The molecule has 2 heterocycles. The van der Waals surface area contributed by atoms with Crippen molar-refractivity contribution in [3.05, 3.63) is 40.7 Å². The fourth-order valence-corrected chi connectivity index (χ4v) is 4.23. The number of carbonyl (C=O) groups excluding carboxylic acids is 2. The smallest absolute Gasteiger partial charge is 0.256 e. The molecule has 1 saturated heterocycles. The molecular weight excluding hydrogens is 379 g/mol. The van der Waals surface area contributed by atoms with E-state index in [0.717, 1.165) is 17.8 Å². The van der Waals surface area contributed by atoms with Gasteiger partial charge in [-0.25, -0.2) is 4.39 Å². The van der Waals surface area contributed by atoms with Gasteiger partial charge in [0.05, 0.1) is 5.56 Å². The number of halogens is 1. The first-order valence-electron chi connectivity index (χ1n) is 9.67.